The van der Waals surface area contributed by atoms with E-state index in [-0.39, 0.29) is 0 Å². The van der Waals surface area contributed by atoms with Crippen LogP contribution in [0.25, 0.3) is 0 Å². The van der Waals surface area contributed by atoms with E-state index in [1.807, 2.05) is 12.2 Å². The fraction of sp³-hybridized carbons (Fsp3) is 0.412. The molecule has 2 nitrogen and oxygen atoms in total. The molecule has 1 aromatic rings. The lowest BCUT2D eigenvalue weighted by Gasteiger charge is -2.34. The Hall–Kier alpha value is -1.54. The first-order valence-electron chi connectivity index (χ1n) is 6.92. The Balaban J connectivity index is 2.35. The van der Waals surface area contributed by atoms with E-state index in [0.29, 0.717) is 12.0 Å². The molecular weight excluding hydrogens is 234 g/mol. The third-order valence-electron chi connectivity index (χ3n) is 3.90. The maximum absolute atomic E-state index is 5.56. The minimum Gasteiger partial charge on any atom is -0.496 e. The minimum absolute atomic E-state index is 0.442. The second-order valence-corrected chi connectivity index (χ2v) is 5.01. The van der Waals surface area contributed by atoms with E-state index in [1.54, 1.807) is 7.11 Å². The number of rotatable bonds is 6. The normalized spacial score (nSPS) is 21.5. The van der Waals surface area contributed by atoms with Crippen molar-refractivity contribution in [3.8, 4) is 5.75 Å². The number of ether oxygens (including phenoxy) is 1. The highest BCUT2D eigenvalue weighted by Gasteiger charge is 2.30. The summed E-state index contributed by atoms with van der Waals surface area (Å²) in [7, 11) is 1.75. The predicted molar refractivity (Wildman–Crippen MR) is 80.9 cm³/mol. The largest absolute Gasteiger partial charge is 0.496 e. The van der Waals surface area contributed by atoms with Crippen molar-refractivity contribution in [2.24, 2.45) is 0 Å². The van der Waals surface area contributed by atoms with Crippen molar-refractivity contribution in [3.63, 3.8) is 0 Å². The summed E-state index contributed by atoms with van der Waals surface area (Å²) in [4.78, 5) is 0. The van der Waals surface area contributed by atoms with E-state index < -0.39 is 0 Å². The molecule has 0 saturated heterocycles. The lowest BCUT2D eigenvalue weighted by Crippen LogP contribution is -2.38. The zero-order valence-corrected chi connectivity index (χ0v) is 11.7. The quantitative estimate of drug-likeness (QED) is 0.788. The molecule has 2 atom stereocenters. The Labute approximate surface area is 116 Å². The van der Waals surface area contributed by atoms with Crippen molar-refractivity contribution in [2.75, 3.05) is 13.7 Å². The van der Waals surface area contributed by atoms with E-state index in [1.165, 1.54) is 11.1 Å². The Morgan fingerprint density at radius 3 is 2.89 bits per heavy atom. The van der Waals surface area contributed by atoms with Crippen LogP contribution in [0.1, 0.15) is 29.9 Å². The predicted octanol–water partition coefficient (Wildman–Crippen LogP) is 3.45. The van der Waals surface area contributed by atoms with Crippen LogP contribution in [0.5, 0.6) is 5.75 Å². The molecular formula is C17H23NO. The van der Waals surface area contributed by atoms with Gasteiger partial charge in [0.15, 0.2) is 0 Å². The van der Waals surface area contributed by atoms with Crippen LogP contribution in [0.3, 0.4) is 0 Å². The van der Waals surface area contributed by atoms with Gasteiger partial charge in [0.25, 0.3) is 0 Å². The highest BCUT2D eigenvalue weighted by atomic mass is 16.5. The minimum atomic E-state index is 0.442. The molecule has 1 aliphatic carbocycles. The molecule has 0 saturated carbocycles. The first-order valence-corrected chi connectivity index (χ1v) is 6.92. The Bertz CT molecular complexity index is 438. The van der Waals surface area contributed by atoms with E-state index in [2.05, 4.69) is 36.7 Å². The van der Waals surface area contributed by atoms with Gasteiger partial charge >= 0.3 is 0 Å². The summed E-state index contributed by atoms with van der Waals surface area (Å²) in [5.74, 6) is 1.45. The number of hydrogen-bond acceptors (Lipinski definition) is 2. The van der Waals surface area contributed by atoms with Crippen LogP contribution in [0.4, 0.5) is 0 Å². The maximum Gasteiger partial charge on any atom is 0.122 e. The highest BCUT2D eigenvalue weighted by molar-refractivity contribution is 5.45. The van der Waals surface area contributed by atoms with Gasteiger partial charge in [-0.1, -0.05) is 24.3 Å². The van der Waals surface area contributed by atoms with Crippen molar-refractivity contribution < 1.29 is 4.74 Å². The summed E-state index contributed by atoms with van der Waals surface area (Å²) in [5.41, 5.74) is 2.78. The molecule has 1 N–H and O–H groups in total. The van der Waals surface area contributed by atoms with Crippen molar-refractivity contribution in [1.29, 1.82) is 0 Å². The lowest BCUT2D eigenvalue weighted by atomic mass is 9.77. The average Bonchev–Trinajstić information content (AvgIpc) is 2.45. The molecule has 0 spiro atoms. The average molecular weight is 257 g/mol. The SMILES string of the molecule is C=CCN[C@H]1CCc2cccc(OC)c2[C@H]1CC=C. The van der Waals surface area contributed by atoms with Gasteiger partial charge < -0.3 is 10.1 Å². The summed E-state index contributed by atoms with van der Waals surface area (Å²) in [5, 5.41) is 3.58. The zero-order chi connectivity index (χ0) is 13.7. The van der Waals surface area contributed by atoms with E-state index >= 15 is 0 Å². The van der Waals surface area contributed by atoms with Crippen molar-refractivity contribution in [2.45, 2.75) is 31.2 Å². The summed E-state index contributed by atoms with van der Waals surface area (Å²) in [6, 6.07) is 6.84. The van der Waals surface area contributed by atoms with Gasteiger partial charge in [-0.15, -0.1) is 13.2 Å². The van der Waals surface area contributed by atoms with Gasteiger partial charge in [0.2, 0.25) is 0 Å². The summed E-state index contributed by atoms with van der Waals surface area (Å²) in [6.07, 6.45) is 7.17. The molecule has 0 unspecified atom stereocenters. The fourth-order valence-corrected chi connectivity index (χ4v) is 3.06. The monoisotopic (exact) mass is 257 g/mol. The van der Waals surface area contributed by atoms with Crippen LogP contribution in [-0.2, 0) is 6.42 Å². The second-order valence-electron chi connectivity index (χ2n) is 5.01. The van der Waals surface area contributed by atoms with Crippen LogP contribution in [0.15, 0.2) is 43.5 Å². The van der Waals surface area contributed by atoms with Crippen LogP contribution < -0.4 is 10.1 Å². The molecule has 0 aliphatic heterocycles. The molecule has 0 heterocycles. The first kappa shape index (κ1) is 13.9. The van der Waals surface area contributed by atoms with Gasteiger partial charge in [-0.25, -0.2) is 0 Å². The maximum atomic E-state index is 5.56. The van der Waals surface area contributed by atoms with Crippen LogP contribution in [0.2, 0.25) is 0 Å². The Morgan fingerprint density at radius 2 is 2.21 bits per heavy atom. The van der Waals surface area contributed by atoms with Gasteiger partial charge in [-0.05, 0) is 30.9 Å². The van der Waals surface area contributed by atoms with Gasteiger partial charge in [0, 0.05) is 24.1 Å². The van der Waals surface area contributed by atoms with E-state index in [0.717, 1.165) is 31.6 Å². The molecule has 19 heavy (non-hydrogen) atoms. The molecule has 1 aliphatic rings. The van der Waals surface area contributed by atoms with Crippen molar-refractivity contribution >= 4 is 0 Å². The number of hydrogen-bond donors (Lipinski definition) is 1. The standard InChI is InChI=1S/C17H23NO/c1-4-7-14-15(18-12-5-2)11-10-13-8-6-9-16(19-3)17(13)14/h4-6,8-9,14-15,18H,1-2,7,10-12H2,3H3/t14-,15-/m0/s1. The van der Waals surface area contributed by atoms with Crippen molar-refractivity contribution in [3.05, 3.63) is 54.6 Å². The fourth-order valence-electron chi connectivity index (χ4n) is 3.06. The van der Waals surface area contributed by atoms with Gasteiger partial charge in [0.05, 0.1) is 7.11 Å². The van der Waals surface area contributed by atoms with E-state index in [4.69, 9.17) is 4.74 Å². The Morgan fingerprint density at radius 1 is 1.37 bits per heavy atom. The number of methoxy groups -OCH3 is 1. The third kappa shape index (κ3) is 2.90. The molecule has 0 fully saturated rings. The topological polar surface area (TPSA) is 21.3 Å². The molecule has 0 radical (unpaired) electrons. The summed E-state index contributed by atoms with van der Waals surface area (Å²) >= 11 is 0. The second kappa shape index (κ2) is 6.58. The molecule has 0 bridgehead atoms. The number of fused-ring (bicyclic) bond motifs is 1. The molecule has 0 aromatic heterocycles. The lowest BCUT2D eigenvalue weighted by molar-refractivity contribution is 0.366. The number of allylic oxidation sites excluding steroid dienone is 1. The molecule has 0 amide bonds. The van der Waals surface area contributed by atoms with E-state index in [9.17, 15) is 0 Å². The van der Waals surface area contributed by atoms with Crippen LogP contribution in [-0.4, -0.2) is 19.7 Å². The smallest absolute Gasteiger partial charge is 0.122 e. The van der Waals surface area contributed by atoms with Gasteiger partial charge in [-0.3, -0.25) is 0 Å². The third-order valence-corrected chi connectivity index (χ3v) is 3.90. The summed E-state index contributed by atoms with van der Waals surface area (Å²) < 4.78 is 5.56. The molecule has 2 rings (SSSR count). The van der Waals surface area contributed by atoms with Gasteiger partial charge in [0.1, 0.15) is 5.75 Å². The Kier molecular flexibility index (Phi) is 4.80. The van der Waals surface area contributed by atoms with Gasteiger partial charge in [-0.2, -0.15) is 0 Å². The van der Waals surface area contributed by atoms with Crippen molar-refractivity contribution in [1.82, 2.24) is 5.32 Å². The highest BCUT2D eigenvalue weighted by Crippen LogP contribution is 2.40. The number of aryl methyl sites for hydroxylation is 1. The summed E-state index contributed by atoms with van der Waals surface area (Å²) in [6.45, 7) is 8.55. The van der Waals surface area contributed by atoms with Crippen LogP contribution >= 0.6 is 0 Å². The number of nitrogens with one attached hydrogen (secondary N) is 1. The van der Waals surface area contributed by atoms with Crippen LogP contribution in [0, 0.1) is 0 Å². The first-order chi connectivity index (χ1) is 9.31. The molecule has 2 heteroatoms. The zero-order valence-electron chi connectivity index (χ0n) is 11.7. The molecule has 1 aromatic carbocycles. The number of benzene rings is 1. The molecule has 102 valence electrons.